The van der Waals surface area contributed by atoms with Crippen molar-refractivity contribution in [1.29, 1.82) is 0 Å². The number of nitrogens with zero attached hydrogens (tertiary/aromatic N) is 2. The van der Waals surface area contributed by atoms with Gasteiger partial charge in [0.15, 0.2) is 5.54 Å². The average Bonchev–Trinajstić information content (AvgIpc) is 3.10. The molecule has 1 aliphatic rings. The number of carbonyl (C=O) groups is 1. The van der Waals surface area contributed by atoms with Crippen LogP contribution in [0.3, 0.4) is 0 Å². The van der Waals surface area contributed by atoms with E-state index in [1.165, 1.54) is 22.7 Å². The summed E-state index contributed by atoms with van der Waals surface area (Å²) in [5, 5.41) is 11.3. The van der Waals surface area contributed by atoms with Crippen LogP contribution in [0.1, 0.15) is 18.4 Å². The molecule has 9 heteroatoms. The number of anilines is 1. The molecule has 1 aliphatic carbocycles. The lowest BCUT2D eigenvalue weighted by Gasteiger charge is -2.32. The van der Waals surface area contributed by atoms with Crippen molar-refractivity contribution in [2.24, 2.45) is 5.92 Å². The van der Waals surface area contributed by atoms with Gasteiger partial charge in [0.05, 0.1) is 15.1 Å². The molecule has 0 radical (unpaired) electrons. The highest BCUT2D eigenvalue weighted by atomic mass is 32.2. The molecule has 4 unspecified atom stereocenters. The zero-order chi connectivity index (χ0) is 21.8. The number of fused-ring (bicyclic) bond motifs is 1. The van der Waals surface area contributed by atoms with Crippen molar-refractivity contribution in [2.45, 2.75) is 18.4 Å². The number of carboxylic acids is 1. The fourth-order valence-corrected chi connectivity index (χ4v) is 7.49. The first-order chi connectivity index (χ1) is 14.9. The van der Waals surface area contributed by atoms with E-state index in [2.05, 4.69) is 4.98 Å². The van der Waals surface area contributed by atoms with Gasteiger partial charge in [0, 0.05) is 23.1 Å². The molecule has 158 valence electrons. The third-order valence-electron chi connectivity index (χ3n) is 5.84. The van der Waals surface area contributed by atoms with Crippen molar-refractivity contribution in [3.05, 3.63) is 72.3 Å². The monoisotopic (exact) mass is 469 g/mol. The molecule has 0 saturated heterocycles. The number of carboxylic acid groups (broad SMARTS) is 1. The molecule has 0 spiro atoms. The maximum Gasteiger partial charge on any atom is 0.331 e. The van der Waals surface area contributed by atoms with E-state index in [0.29, 0.717) is 5.00 Å². The van der Waals surface area contributed by atoms with Gasteiger partial charge in [0.1, 0.15) is 10.0 Å². The fraction of sp³-hybridized carbons (Fsp3) is 0.182. The largest absolute Gasteiger partial charge is 0.755 e. The molecule has 0 aliphatic heterocycles. The number of aromatic nitrogens is 1. The molecule has 1 saturated carbocycles. The summed E-state index contributed by atoms with van der Waals surface area (Å²) in [5.41, 5.74) is 0.142. The summed E-state index contributed by atoms with van der Waals surface area (Å²) in [6, 6.07) is 20.5. The van der Waals surface area contributed by atoms with E-state index in [1.54, 1.807) is 19.1 Å². The summed E-state index contributed by atoms with van der Waals surface area (Å²) in [5.74, 6) is -1.96. The molecular formula is C22H17N2O4S3-. The Morgan fingerprint density at radius 3 is 2.48 bits per heavy atom. The predicted octanol–water partition coefficient (Wildman–Crippen LogP) is 4.88. The number of hydrogen-bond donors (Lipinski definition) is 1. The van der Waals surface area contributed by atoms with E-state index < -0.39 is 28.7 Å². The summed E-state index contributed by atoms with van der Waals surface area (Å²) >= 11 is 0.00142. The van der Waals surface area contributed by atoms with Crippen molar-refractivity contribution >= 4 is 55.1 Å². The summed E-state index contributed by atoms with van der Waals surface area (Å²) in [6.07, 6.45) is 0. The van der Waals surface area contributed by atoms with Gasteiger partial charge < -0.3 is 9.66 Å². The molecular weight excluding hydrogens is 452 g/mol. The Morgan fingerprint density at radius 2 is 1.81 bits per heavy atom. The Bertz CT molecular complexity index is 1270. The van der Waals surface area contributed by atoms with Crippen LogP contribution in [-0.2, 0) is 16.1 Å². The number of para-hydroxylation sites is 1. The maximum absolute atomic E-state index is 12.5. The minimum absolute atomic E-state index is 0.371. The molecule has 1 N–H and O–H groups in total. The Morgan fingerprint density at radius 1 is 1.10 bits per heavy atom. The third kappa shape index (κ3) is 3.11. The van der Waals surface area contributed by atoms with Crippen molar-refractivity contribution < 1.29 is 18.7 Å². The zero-order valence-electron chi connectivity index (χ0n) is 16.3. The minimum Gasteiger partial charge on any atom is -0.755 e. The molecule has 0 bridgehead atoms. The van der Waals surface area contributed by atoms with Crippen LogP contribution in [0.4, 0.5) is 5.00 Å². The zero-order valence-corrected chi connectivity index (χ0v) is 18.7. The number of aliphatic carboxylic acids is 1. The van der Waals surface area contributed by atoms with Gasteiger partial charge in [-0.3, -0.25) is 8.51 Å². The molecule has 4 atom stereocenters. The molecule has 0 amide bonds. The van der Waals surface area contributed by atoms with E-state index in [1.807, 2.05) is 54.6 Å². The Hall–Kier alpha value is -2.59. The lowest BCUT2D eigenvalue weighted by molar-refractivity contribution is -0.139. The number of thiazole rings is 1. The summed E-state index contributed by atoms with van der Waals surface area (Å²) < 4.78 is 26.8. The van der Waals surface area contributed by atoms with Gasteiger partial charge in [-0.15, -0.1) is 22.7 Å². The van der Waals surface area contributed by atoms with Crippen LogP contribution in [0.15, 0.2) is 66.7 Å². The first-order valence-corrected chi connectivity index (χ1v) is 12.2. The molecule has 4 aromatic rings. The molecule has 2 aromatic carbocycles. The lowest BCUT2D eigenvalue weighted by atomic mass is 10.1. The second-order valence-electron chi connectivity index (χ2n) is 7.44. The second-order valence-corrected chi connectivity index (χ2v) is 10.3. The van der Waals surface area contributed by atoms with Crippen molar-refractivity contribution in [3.8, 4) is 9.88 Å². The van der Waals surface area contributed by atoms with E-state index in [4.69, 9.17) is 0 Å². The Balaban J connectivity index is 1.57. The normalized spacial score (nSPS) is 23.5. The first kappa shape index (κ1) is 20.3. The number of hydrogen-bond acceptors (Lipinski definition) is 6. The van der Waals surface area contributed by atoms with E-state index in [0.717, 1.165) is 30.0 Å². The van der Waals surface area contributed by atoms with Gasteiger partial charge >= 0.3 is 5.97 Å². The van der Waals surface area contributed by atoms with E-state index >= 15 is 0 Å². The van der Waals surface area contributed by atoms with Crippen LogP contribution < -0.4 is 4.31 Å². The van der Waals surface area contributed by atoms with Gasteiger partial charge in [-0.05, 0) is 29.8 Å². The van der Waals surface area contributed by atoms with Crippen LogP contribution >= 0.6 is 22.7 Å². The summed E-state index contributed by atoms with van der Waals surface area (Å²) in [4.78, 5) is 17.9. The standard InChI is InChI=1S/C22H18N2O4S3/c1-13-19(14-7-3-2-4-8-14)22(13,21(25)26)24(31(27)28)18-12-11-17(29-18)20-23-15-9-5-6-10-16(15)30-20/h2-13,19H,1H3,(H,25,26)(H,27,28)/p-1. The van der Waals surface area contributed by atoms with Crippen LogP contribution in [0.2, 0.25) is 0 Å². The highest BCUT2D eigenvalue weighted by Gasteiger charge is 2.72. The van der Waals surface area contributed by atoms with Crippen LogP contribution in [-0.4, -0.2) is 30.4 Å². The molecule has 2 aromatic heterocycles. The molecule has 1 fully saturated rings. The summed E-state index contributed by atoms with van der Waals surface area (Å²) in [6.45, 7) is 1.79. The van der Waals surface area contributed by atoms with E-state index in [9.17, 15) is 18.7 Å². The maximum atomic E-state index is 12.5. The fourth-order valence-electron chi connectivity index (χ4n) is 4.38. The molecule has 31 heavy (non-hydrogen) atoms. The van der Waals surface area contributed by atoms with Crippen molar-refractivity contribution in [3.63, 3.8) is 0 Å². The average molecular weight is 470 g/mol. The minimum atomic E-state index is -2.76. The van der Waals surface area contributed by atoms with Gasteiger partial charge in [0.2, 0.25) is 0 Å². The Labute approximate surface area is 189 Å². The van der Waals surface area contributed by atoms with Crippen molar-refractivity contribution in [2.75, 3.05) is 4.31 Å². The Kier molecular flexibility index (Phi) is 4.93. The first-order valence-electron chi connectivity index (χ1n) is 9.58. The third-order valence-corrected chi connectivity index (χ3v) is 9.03. The number of rotatable bonds is 6. The summed E-state index contributed by atoms with van der Waals surface area (Å²) in [7, 11) is 0. The highest BCUT2D eigenvalue weighted by molar-refractivity contribution is 7.81. The molecule has 2 heterocycles. The smallest absolute Gasteiger partial charge is 0.331 e. The van der Waals surface area contributed by atoms with Gasteiger partial charge in [-0.2, -0.15) is 0 Å². The van der Waals surface area contributed by atoms with Crippen LogP contribution in [0, 0.1) is 5.92 Å². The van der Waals surface area contributed by atoms with Crippen LogP contribution in [0.5, 0.6) is 0 Å². The van der Waals surface area contributed by atoms with Gasteiger partial charge in [-0.25, -0.2) is 9.78 Å². The van der Waals surface area contributed by atoms with E-state index in [-0.39, 0.29) is 5.92 Å². The van der Waals surface area contributed by atoms with Crippen LogP contribution in [0.25, 0.3) is 20.1 Å². The highest BCUT2D eigenvalue weighted by Crippen LogP contribution is 2.63. The lowest BCUT2D eigenvalue weighted by Crippen LogP contribution is -2.47. The van der Waals surface area contributed by atoms with Gasteiger partial charge in [-0.1, -0.05) is 49.4 Å². The van der Waals surface area contributed by atoms with Gasteiger partial charge in [0.25, 0.3) is 0 Å². The predicted molar refractivity (Wildman–Crippen MR) is 123 cm³/mol. The second kappa shape index (κ2) is 7.52. The molecule has 5 rings (SSSR count). The topological polar surface area (TPSA) is 93.6 Å². The van der Waals surface area contributed by atoms with Crippen molar-refractivity contribution in [1.82, 2.24) is 4.98 Å². The molecule has 6 nitrogen and oxygen atoms in total. The SMILES string of the molecule is CC1C(c2ccccc2)C1(C(=O)O)N(c1ccc(-c2nc3ccccc3s2)s1)S(=O)[O-]. The quantitative estimate of drug-likeness (QED) is 0.406. The number of thiophene rings is 1. The number of benzene rings is 2.